The number of nitrogens with one attached hydrogen (secondary N) is 2. The molecule has 0 aromatic carbocycles. The first kappa shape index (κ1) is 21.0. The van der Waals surface area contributed by atoms with Gasteiger partial charge in [0.15, 0.2) is 0 Å². The summed E-state index contributed by atoms with van der Waals surface area (Å²) in [7, 11) is 4.02. The molecule has 2 heterocycles. The Labute approximate surface area is 161 Å². The van der Waals surface area contributed by atoms with Crippen LogP contribution in [0.4, 0.5) is 10.5 Å². The Morgan fingerprint density at radius 2 is 2.07 bits per heavy atom. The Kier molecular flexibility index (Phi) is 8.32. The van der Waals surface area contributed by atoms with Crippen LogP contribution in [0.5, 0.6) is 0 Å². The van der Waals surface area contributed by atoms with Crippen LogP contribution in [0.15, 0.2) is 18.3 Å². The van der Waals surface area contributed by atoms with Crippen molar-refractivity contribution in [1.82, 2.24) is 20.1 Å². The molecule has 1 aromatic heterocycles. The topological polar surface area (TPSA) is 86.8 Å². The van der Waals surface area contributed by atoms with Crippen molar-refractivity contribution in [3.05, 3.63) is 24.0 Å². The minimum atomic E-state index is -0.243. The zero-order chi connectivity index (χ0) is 19.6. The molecule has 0 unspecified atom stereocenters. The van der Waals surface area contributed by atoms with Gasteiger partial charge in [-0.05, 0) is 59.0 Å². The van der Waals surface area contributed by atoms with E-state index in [1.165, 1.54) is 0 Å². The number of rotatable bonds is 8. The zero-order valence-electron chi connectivity index (χ0n) is 16.5. The lowest BCUT2D eigenvalue weighted by Gasteiger charge is -2.32. The summed E-state index contributed by atoms with van der Waals surface area (Å²) in [5.74, 6) is -0.158. The summed E-state index contributed by atoms with van der Waals surface area (Å²) in [4.78, 5) is 32.0. The van der Waals surface area contributed by atoms with Crippen LogP contribution in [0.2, 0.25) is 0 Å². The molecule has 0 aliphatic carbocycles. The molecule has 0 saturated carbocycles. The van der Waals surface area contributed by atoms with Crippen molar-refractivity contribution in [2.45, 2.75) is 32.2 Å². The second-order valence-corrected chi connectivity index (χ2v) is 6.95. The summed E-state index contributed by atoms with van der Waals surface area (Å²) < 4.78 is 5.04. The van der Waals surface area contributed by atoms with Crippen LogP contribution in [0.3, 0.4) is 0 Å². The molecule has 150 valence electrons. The SMILES string of the molecule is CCOC(=O)N1CCC(Nc2ccnc(C(=O)NCCCN(C)C)c2)CC1. The van der Waals surface area contributed by atoms with Crippen molar-refractivity contribution in [3.63, 3.8) is 0 Å². The molecule has 27 heavy (non-hydrogen) atoms. The number of ether oxygens (including phenoxy) is 1. The Morgan fingerprint density at radius 1 is 1.33 bits per heavy atom. The summed E-state index contributed by atoms with van der Waals surface area (Å²) in [6, 6.07) is 3.90. The average molecular weight is 377 g/mol. The number of carbonyl (C=O) groups is 2. The maximum absolute atomic E-state index is 12.2. The van der Waals surface area contributed by atoms with Gasteiger partial charge in [0.05, 0.1) is 6.61 Å². The van der Waals surface area contributed by atoms with Crippen LogP contribution < -0.4 is 10.6 Å². The number of hydrogen-bond donors (Lipinski definition) is 2. The summed E-state index contributed by atoms with van der Waals surface area (Å²) in [5, 5.41) is 6.35. The first-order chi connectivity index (χ1) is 13.0. The first-order valence-electron chi connectivity index (χ1n) is 9.56. The fourth-order valence-electron chi connectivity index (χ4n) is 2.99. The highest BCUT2D eigenvalue weighted by Gasteiger charge is 2.23. The van der Waals surface area contributed by atoms with Gasteiger partial charge < -0.3 is 25.2 Å². The summed E-state index contributed by atoms with van der Waals surface area (Å²) in [6.07, 6.45) is 3.98. The molecular formula is C19H31N5O3. The minimum absolute atomic E-state index is 0.158. The number of pyridine rings is 1. The lowest BCUT2D eigenvalue weighted by molar-refractivity contribution is 0.0945. The molecule has 1 fully saturated rings. The molecule has 1 aliphatic heterocycles. The number of hydrogen-bond acceptors (Lipinski definition) is 6. The van der Waals surface area contributed by atoms with Gasteiger partial charge in [-0.15, -0.1) is 0 Å². The van der Waals surface area contributed by atoms with Crippen molar-refractivity contribution in [1.29, 1.82) is 0 Å². The molecule has 2 N–H and O–H groups in total. The fraction of sp³-hybridized carbons (Fsp3) is 0.632. The van der Waals surface area contributed by atoms with Crippen molar-refractivity contribution < 1.29 is 14.3 Å². The molecule has 2 rings (SSSR count). The van der Waals surface area contributed by atoms with Crippen LogP contribution >= 0.6 is 0 Å². The van der Waals surface area contributed by atoms with E-state index in [0.29, 0.717) is 31.9 Å². The quantitative estimate of drug-likeness (QED) is 0.672. The molecule has 1 aliphatic rings. The van der Waals surface area contributed by atoms with E-state index < -0.39 is 0 Å². The number of likely N-dealkylation sites (tertiary alicyclic amines) is 1. The Morgan fingerprint density at radius 3 is 2.74 bits per heavy atom. The van der Waals surface area contributed by atoms with E-state index in [0.717, 1.165) is 31.5 Å². The highest BCUT2D eigenvalue weighted by Crippen LogP contribution is 2.17. The monoisotopic (exact) mass is 377 g/mol. The van der Waals surface area contributed by atoms with Gasteiger partial charge in [0.25, 0.3) is 5.91 Å². The largest absolute Gasteiger partial charge is 0.450 e. The molecular weight excluding hydrogens is 346 g/mol. The van der Waals surface area contributed by atoms with Crippen LogP contribution in [-0.4, -0.2) is 79.7 Å². The van der Waals surface area contributed by atoms with Gasteiger partial charge in [-0.3, -0.25) is 9.78 Å². The molecule has 8 nitrogen and oxygen atoms in total. The van der Waals surface area contributed by atoms with E-state index in [2.05, 4.69) is 20.5 Å². The second-order valence-electron chi connectivity index (χ2n) is 6.95. The third-order valence-electron chi connectivity index (χ3n) is 4.45. The second kappa shape index (κ2) is 10.7. The Balaban J connectivity index is 1.80. The summed E-state index contributed by atoms with van der Waals surface area (Å²) in [6.45, 7) is 5.10. The van der Waals surface area contributed by atoms with Crippen LogP contribution in [-0.2, 0) is 4.74 Å². The maximum atomic E-state index is 12.2. The van der Waals surface area contributed by atoms with Gasteiger partial charge >= 0.3 is 6.09 Å². The highest BCUT2D eigenvalue weighted by molar-refractivity contribution is 5.93. The molecule has 0 atom stereocenters. The number of aromatic nitrogens is 1. The van der Waals surface area contributed by atoms with E-state index in [1.807, 2.05) is 27.1 Å². The normalized spacial score (nSPS) is 14.9. The predicted octanol–water partition coefficient (Wildman–Crippen LogP) is 1.80. The van der Waals surface area contributed by atoms with Gasteiger partial charge in [-0.2, -0.15) is 0 Å². The molecule has 1 saturated heterocycles. The van der Waals surface area contributed by atoms with Crippen molar-refractivity contribution in [2.75, 3.05) is 52.2 Å². The predicted molar refractivity (Wildman–Crippen MR) is 105 cm³/mol. The first-order valence-corrected chi connectivity index (χ1v) is 9.56. The van der Waals surface area contributed by atoms with Gasteiger partial charge in [0.1, 0.15) is 5.69 Å². The van der Waals surface area contributed by atoms with E-state index in [1.54, 1.807) is 17.2 Å². The number of nitrogens with zero attached hydrogens (tertiary/aromatic N) is 3. The van der Waals surface area contributed by atoms with Gasteiger partial charge in [-0.1, -0.05) is 0 Å². The van der Waals surface area contributed by atoms with E-state index in [4.69, 9.17) is 4.74 Å². The van der Waals surface area contributed by atoms with E-state index in [9.17, 15) is 9.59 Å². The molecule has 0 radical (unpaired) electrons. The van der Waals surface area contributed by atoms with Gasteiger partial charge in [-0.25, -0.2) is 4.79 Å². The van der Waals surface area contributed by atoms with Crippen LogP contribution in [0, 0.1) is 0 Å². The lowest BCUT2D eigenvalue weighted by Crippen LogP contribution is -2.42. The Bertz CT molecular complexity index is 615. The third-order valence-corrected chi connectivity index (χ3v) is 4.45. The zero-order valence-corrected chi connectivity index (χ0v) is 16.5. The van der Waals surface area contributed by atoms with Crippen molar-refractivity contribution in [2.24, 2.45) is 0 Å². The summed E-state index contributed by atoms with van der Waals surface area (Å²) >= 11 is 0. The number of anilines is 1. The molecule has 1 aromatic rings. The third kappa shape index (κ3) is 7.05. The fourth-order valence-corrected chi connectivity index (χ4v) is 2.99. The molecule has 2 amide bonds. The van der Waals surface area contributed by atoms with Crippen LogP contribution in [0.1, 0.15) is 36.7 Å². The highest BCUT2D eigenvalue weighted by atomic mass is 16.6. The number of carbonyl (C=O) groups excluding carboxylic acids is 2. The molecule has 0 spiro atoms. The van der Waals surface area contributed by atoms with Gasteiger partial charge in [0, 0.05) is 37.6 Å². The molecule has 0 bridgehead atoms. The number of amides is 2. The van der Waals surface area contributed by atoms with Crippen molar-refractivity contribution in [3.8, 4) is 0 Å². The lowest BCUT2D eigenvalue weighted by atomic mass is 10.1. The van der Waals surface area contributed by atoms with Gasteiger partial charge in [0.2, 0.25) is 0 Å². The Hall–Kier alpha value is -2.35. The number of piperidine rings is 1. The minimum Gasteiger partial charge on any atom is -0.450 e. The van der Waals surface area contributed by atoms with E-state index in [-0.39, 0.29) is 18.0 Å². The maximum Gasteiger partial charge on any atom is 0.409 e. The summed E-state index contributed by atoms with van der Waals surface area (Å²) in [5.41, 5.74) is 1.28. The molecule has 8 heteroatoms. The van der Waals surface area contributed by atoms with Crippen LogP contribution in [0.25, 0.3) is 0 Å². The smallest absolute Gasteiger partial charge is 0.409 e. The van der Waals surface area contributed by atoms with Crippen molar-refractivity contribution >= 4 is 17.7 Å². The average Bonchev–Trinajstić information content (AvgIpc) is 2.66. The standard InChI is InChI=1S/C19H31N5O3/c1-4-27-19(26)24-12-7-15(8-13-24)22-16-6-10-20-17(14-16)18(25)21-9-5-11-23(2)3/h6,10,14-15H,4-5,7-9,11-13H2,1-3H3,(H,20,22)(H,21,25). The van der Waals surface area contributed by atoms with E-state index >= 15 is 0 Å².